The molecule has 1 aromatic carbocycles. The van der Waals surface area contributed by atoms with Crippen molar-refractivity contribution in [2.45, 2.75) is 25.3 Å². The van der Waals surface area contributed by atoms with Gasteiger partial charge < -0.3 is 10.1 Å². The van der Waals surface area contributed by atoms with E-state index in [1.165, 1.54) is 12.1 Å². The first-order valence-corrected chi connectivity index (χ1v) is 7.42. The predicted molar refractivity (Wildman–Crippen MR) is 75.9 cm³/mol. The van der Waals surface area contributed by atoms with Crippen molar-refractivity contribution in [3.05, 3.63) is 28.8 Å². The number of hydrogen-bond acceptors (Lipinski definition) is 3. The number of halogens is 6. The van der Waals surface area contributed by atoms with Crippen LogP contribution in [0, 0.1) is 0 Å². The number of ether oxygens (including phenoxy) is 1. The minimum absolute atomic E-state index is 0.255. The number of nitrogens with one attached hydrogen (secondary N) is 1. The first kappa shape index (κ1) is 18.2. The van der Waals surface area contributed by atoms with Gasteiger partial charge in [0.2, 0.25) is 6.43 Å². The highest BCUT2D eigenvalue weighted by Gasteiger charge is 2.32. The fraction of sp³-hybridized carbons (Fsp3) is 0.571. The summed E-state index contributed by atoms with van der Waals surface area (Å²) in [7, 11) is 0. The first-order chi connectivity index (χ1) is 10.8. The van der Waals surface area contributed by atoms with E-state index >= 15 is 0 Å². The third kappa shape index (κ3) is 5.47. The lowest BCUT2D eigenvalue weighted by Gasteiger charge is -2.35. The first-order valence-electron chi connectivity index (χ1n) is 7.04. The second-order valence-electron chi connectivity index (χ2n) is 5.17. The molecule has 0 bridgehead atoms. The largest absolute Gasteiger partial charge is 0.573 e. The van der Waals surface area contributed by atoms with E-state index in [2.05, 4.69) is 10.1 Å². The highest BCUT2D eigenvalue weighted by molar-refractivity contribution is 6.32. The molecule has 2 rings (SSSR count). The van der Waals surface area contributed by atoms with Gasteiger partial charge in [-0.05, 0) is 17.7 Å². The zero-order valence-corrected chi connectivity index (χ0v) is 12.8. The number of rotatable bonds is 5. The fourth-order valence-corrected chi connectivity index (χ4v) is 2.82. The Bertz CT molecular complexity index is 520. The van der Waals surface area contributed by atoms with Gasteiger partial charge in [0.25, 0.3) is 0 Å². The minimum Gasteiger partial charge on any atom is -0.404 e. The third-order valence-corrected chi connectivity index (χ3v) is 3.86. The summed E-state index contributed by atoms with van der Waals surface area (Å²) in [6, 6.07) is 3.07. The Morgan fingerprint density at radius 3 is 2.39 bits per heavy atom. The molecule has 130 valence electrons. The lowest BCUT2D eigenvalue weighted by Crippen LogP contribution is -2.45. The normalized spacial score (nSPS) is 18.2. The summed E-state index contributed by atoms with van der Waals surface area (Å²) < 4.78 is 66.3. The number of nitrogens with zero attached hydrogens (tertiary/aromatic N) is 1. The van der Waals surface area contributed by atoms with Crippen LogP contribution < -0.4 is 10.1 Å². The van der Waals surface area contributed by atoms with Gasteiger partial charge in [0, 0.05) is 38.6 Å². The van der Waals surface area contributed by atoms with Crippen LogP contribution in [0.4, 0.5) is 22.0 Å². The highest BCUT2D eigenvalue weighted by Crippen LogP contribution is 2.35. The van der Waals surface area contributed by atoms with Crippen molar-refractivity contribution in [1.29, 1.82) is 0 Å². The Hall–Kier alpha value is -1.12. The molecule has 9 heteroatoms. The predicted octanol–water partition coefficient (Wildman–Crippen LogP) is 3.84. The monoisotopic (exact) mass is 358 g/mol. The van der Waals surface area contributed by atoms with Crippen LogP contribution in [0.1, 0.15) is 18.0 Å². The van der Waals surface area contributed by atoms with Gasteiger partial charge in [-0.1, -0.05) is 17.7 Å². The lowest BCUT2D eigenvalue weighted by molar-refractivity contribution is -0.274. The van der Waals surface area contributed by atoms with E-state index in [0.717, 1.165) is 6.07 Å². The SMILES string of the molecule is FC(F)C[C@@H](c1ccc(OC(F)(F)F)c(Cl)c1)N1CCNCC1. The Morgan fingerprint density at radius 2 is 1.87 bits per heavy atom. The maximum Gasteiger partial charge on any atom is 0.573 e. The van der Waals surface area contributed by atoms with Crippen LogP contribution in [0.3, 0.4) is 0 Å². The molecule has 1 aromatic rings. The van der Waals surface area contributed by atoms with E-state index in [1.54, 1.807) is 0 Å². The number of alkyl halides is 5. The second kappa shape index (κ2) is 7.63. The molecule has 1 saturated heterocycles. The lowest BCUT2D eigenvalue weighted by atomic mass is 10.0. The number of hydrogen-bond donors (Lipinski definition) is 1. The maximum atomic E-state index is 12.9. The zero-order valence-electron chi connectivity index (χ0n) is 12.0. The quantitative estimate of drug-likeness (QED) is 0.809. The third-order valence-electron chi connectivity index (χ3n) is 3.56. The Kier molecular flexibility index (Phi) is 6.05. The van der Waals surface area contributed by atoms with Crippen molar-refractivity contribution in [1.82, 2.24) is 10.2 Å². The van der Waals surface area contributed by atoms with Gasteiger partial charge in [-0.3, -0.25) is 4.90 Å². The molecule has 1 heterocycles. The molecule has 0 unspecified atom stereocenters. The van der Waals surface area contributed by atoms with Gasteiger partial charge in [0.1, 0.15) is 5.75 Å². The summed E-state index contributed by atoms with van der Waals surface area (Å²) in [6.45, 7) is 2.50. The molecule has 0 amide bonds. The molecule has 0 spiro atoms. The smallest absolute Gasteiger partial charge is 0.404 e. The van der Waals surface area contributed by atoms with Gasteiger partial charge >= 0.3 is 6.36 Å². The summed E-state index contributed by atoms with van der Waals surface area (Å²) in [5.41, 5.74) is 0.451. The van der Waals surface area contributed by atoms with Gasteiger partial charge in [-0.2, -0.15) is 0 Å². The van der Waals surface area contributed by atoms with Crippen molar-refractivity contribution >= 4 is 11.6 Å². The summed E-state index contributed by atoms with van der Waals surface area (Å²) >= 11 is 5.81. The molecule has 1 aliphatic rings. The van der Waals surface area contributed by atoms with E-state index in [-0.39, 0.29) is 5.02 Å². The molecule has 0 saturated carbocycles. The molecule has 0 aromatic heterocycles. The molecule has 1 aliphatic heterocycles. The minimum atomic E-state index is -4.86. The van der Waals surface area contributed by atoms with Crippen LogP contribution in [0.25, 0.3) is 0 Å². The fourth-order valence-electron chi connectivity index (χ4n) is 2.59. The van der Waals surface area contributed by atoms with E-state index in [9.17, 15) is 22.0 Å². The van der Waals surface area contributed by atoms with E-state index in [1.807, 2.05) is 4.90 Å². The van der Waals surface area contributed by atoms with Crippen LogP contribution in [0.2, 0.25) is 5.02 Å². The Labute approximate surface area is 135 Å². The van der Waals surface area contributed by atoms with Crippen molar-refractivity contribution < 1.29 is 26.7 Å². The van der Waals surface area contributed by atoms with Gasteiger partial charge in [-0.15, -0.1) is 13.2 Å². The Balaban J connectivity index is 2.22. The van der Waals surface area contributed by atoms with E-state index in [0.29, 0.717) is 31.7 Å². The standard InChI is InChI=1S/C14H16ClF5N2O/c15-10-7-9(1-2-12(10)23-14(18,19)20)11(8-13(16)17)22-5-3-21-4-6-22/h1-2,7,11,13,21H,3-6,8H2/t11-/m0/s1. The summed E-state index contributed by atoms with van der Waals surface area (Å²) in [4.78, 5) is 1.87. The molecular formula is C14H16ClF5N2O. The molecule has 23 heavy (non-hydrogen) atoms. The average Bonchev–Trinajstić information content (AvgIpc) is 2.46. The van der Waals surface area contributed by atoms with Gasteiger partial charge in [-0.25, -0.2) is 8.78 Å². The van der Waals surface area contributed by atoms with Crippen LogP contribution in [-0.2, 0) is 0 Å². The van der Waals surface area contributed by atoms with Crippen molar-refractivity contribution in [2.24, 2.45) is 0 Å². The number of benzene rings is 1. The van der Waals surface area contributed by atoms with Gasteiger partial charge in [0.15, 0.2) is 0 Å². The van der Waals surface area contributed by atoms with Crippen molar-refractivity contribution in [3.8, 4) is 5.75 Å². The molecule has 3 nitrogen and oxygen atoms in total. The van der Waals surface area contributed by atoms with E-state index < -0.39 is 31.0 Å². The highest BCUT2D eigenvalue weighted by atomic mass is 35.5. The summed E-state index contributed by atoms with van der Waals surface area (Å²) in [6.07, 6.45) is -7.79. The summed E-state index contributed by atoms with van der Waals surface area (Å²) in [5, 5.41) is 2.87. The van der Waals surface area contributed by atoms with Crippen molar-refractivity contribution in [2.75, 3.05) is 26.2 Å². The van der Waals surface area contributed by atoms with E-state index in [4.69, 9.17) is 11.6 Å². The van der Waals surface area contributed by atoms with Gasteiger partial charge in [0.05, 0.1) is 5.02 Å². The molecule has 1 atom stereocenters. The molecular weight excluding hydrogens is 343 g/mol. The molecule has 0 aliphatic carbocycles. The van der Waals surface area contributed by atoms with Crippen LogP contribution in [0.5, 0.6) is 5.75 Å². The second-order valence-corrected chi connectivity index (χ2v) is 5.57. The Morgan fingerprint density at radius 1 is 1.22 bits per heavy atom. The average molecular weight is 359 g/mol. The molecule has 1 N–H and O–H groups in total. The van der Waals surface area contributed by atoms with Crippen LogP contribution >= 0.6 is 11.6 Å². The van der Waals surface area contributed by atoms with Crippen LogP contribution in [-0.4, -0.2) is 43.9 Å². The maximum absolute atomic E-state index is 12.9. The molecule has 0 radical (unpaired) electrons. The zero-order chi connectivity index (χ0) is 17.0. The molecule has 1 fully saturated rings. The van der Waals surface area contributed by atoms with Crippen molar-refractivity contribution in [3.63, 3.8) is 0 Å². The summed E-state index contributed by atoms with van der Waals surface area (Å²) in [5.74, 6) is -0.543. The number of piperazine rings is 1. The topological polar surface area (TPSA) is 24.5 Å². The van der Waals surface area contributed by atoms with Crippen LogP contribution in [0.15, 0.2) is 18.2 Å².